The number of halogens is 1. The number of aliphatic hydroxyl groups excluding tert-OH is 1. The van der Waals surface area contributed by atoms with E-state index in [4.69, 9.17) is 0 Å². The maximum absolute atomic E-state index is 14.5. The number of carbonyl (C=O) groups excluding carboxylic acids is 1. The molecule has 2 aliphatic heterocycles. The van der Waals surface area contributed by atoms with E-state index in [0.717, 1.165) is 38.0 Å². The molecule has 1 aromatic rings. The maximum Gasteiger partial charge on any atom is 0.315 e. The Morgan fingerprint density at radius 3 is 2.52 bits per heavy atom. The normalized spacial score (nSPS) is 19.9. The van der Waals surface area contributed by atoms with Crippen molar-refractivity contribution in [1.29, 1.82) is 0 Å². The summed E-state index contributed by atoms with van der Waals surface area (Å²) < 4.78 is 14.5. The van der Waals surface area contributed by atoms with Crippen molar-refractivity contribution >= 4 is 11.7 Å². The number of hydrogen-bond donors (Lipinski definition) is 3. The number of amides is 2. The summed E-state index contributed by atoms with van der Waals surface area (Å²) in [6.45, 7) is 6.86. The van der Waals surface area contributed by atoms with Crippen molar-refractivity contribution in [2.24, 2.45) is 0 Å². The Kier molecular flexibility index (Phi) is 6.90. The summed E-state index contributed by atoms with van der Waals surface area (Å²) in [4.78, 5) is 16.4. The number of piperidine rings is 2. The number of nitrogens with zero attached hydrogens (tertiary/aromatic N) is 2. The fourth-order valence-electron chi connectivity index (χ4n) is 3.84. The molecule has 2 aliphatic rings. The van der Waals surface area contributed by atoms with Crippen molar-refractivity contribution in [2.45, 2.75) is 51.3 Å². The largest absolute Gasteiger partial charge is 0.393 e. The van der Waals surface area contributed by atoms with E-state index in [2.05, 4.69) is 22.5 Å². The lowest BCUT2D eigenvalue weighted by atomic mass is 10.1. The molecule has 0 bridgehead atoms. The van der Waals surface area contributed by atoms with Gasteiger partial charge in [0, 0.05) is 38.8 Å². The van der Waals surface area contributed by atoms with Crippen molar-refractivity contribution < 1.29 is 14.3 Å². The molecule has 27 heavy (non-hydrogen) atoms. The van der Waals surface area contributed by atoms with Crippen LogP contribution < -0.4 is 15.5 Å². The molecule has 6 nitrogen and oxygen atoms in total. The Hall–Kier alpha value is -1.86. The minimum absolute atomic E-state index is 0.195. The zero-order valence-electron chi connectivity index (χ0n) is 16.1. The van der Waals surface area contributed by atoms with Gasteiger partial charge in [0.05, 0.1) is 11.8 Å². The van der Waals surface area contributed by atoms with E-state index in [1.807, 2.05) is 11.0 Å². The molecule has 2 saturated heterocycles. The zero-order valence-corrected chi connectivity index (χ0v) is 16.1. The van der Waals surface area contributed by atoms with Gasteiger partial charge >= 0.3 is 6.03 Å². The zero-order chi connectivity index (χ0) is 19.2. The van der Waals surface area contributed by atoms with Gasteiger partial charge in [-0.15, -0.1) is 0 Å². The maximum atomic E-state index is 14.5. The summed E-state index contributed by atoms with van der Waals surface area (Å²) in [5.74, 6) is -0.280. The summed E-state index contributed by atoms with van der Waals surface area (Å²) in [5, 5.41) is 15.4. The van der Waals surface area contributed by atoms with E-state index in [1.54, 1.807) is 6.07 Å². The quantitative estimate of drug-likeness (QED) is 0.734. The number of nitrogens with one attached hydrogen (secondary N) is 2. The molecule has 0 saturated carbocycles. The highest BCUT2D eigenvalue weighted by molar-refractivity contribution is 5.74. The molecule has 0 aliphatic carbocycles. The molecule has 2 amide bonds. The van der Waals surface area contributed by atoms with Gasteiger partial charge in [0.25, 0.3) is 0 Å². The molecule has 0 atom stereocenters. The van der Waals surface area contributed by atoms with Crippen LogP contribution in [0.5, 0.6) is 0 Å². The van der Waals surface area contributed by atoms with Crippen molar-refractivity contribution in [3.05, 3.63) is 29.6 Å². The number of hydrogen-bond acceptors (Lipinski definition) is 4. The Bertz CT molecular complexity index is 626. The first-order valence-electron chi connectivity index (χ1n) is 10.0. The van der Waals surface area contributed by atoms with Crippen molar-refractivity contribution in [3.8, 4) is 0 Å². The standard InChI is InChI=1S/C20H31FN4O2/c1-2-24-9-5-16(6-10-24)23-20(27)22-14-15-3-4-19(18(21)13-15)25-11-7-17(26)8-12-25/h3-4,13,16-17,26H,2,5-12,14H2,1H3,(H2,22,23,27). The second-order valence-corrected chi connectivity index (χ2v) is 7.54. The van der Waals surface area contributed by atoms with Gasteiger partial charge in [-0.05, 0) is 49.9 Å². The molecular formula is C20H31FN4O2. The summed E-state index contributed by atoms with van der Waals surface area (Å²) in [7, 11) is 0. The molecule has 0 radical (unpaired) electrons. The second kappa shape index (κ2) is 9.37. The molecule has 150 valence electrons. The Balaban J connectivity index is 1.45. The topological polar surface area (TPSA) is 67.8 Å². The van der Waals surface area contributed by atoms with Crippen molar-refractivity contribution in [3.63, 3.8) is 0 Å². The predicted octanol–water partition coefficient (Wildman–Crippen LogP) is 2.07. The highest BCUT2D eigenvalue weighted by Crippen LogP contribution is 2.24. The van der Waals surface area contributed by atoms with Crippen LogP contribution in [0.15, 0.2) is 18.2 Å². The summed E-state index contributed by atoms with van der Waals surface area (Å²) >= 11 is 0. The predicted molar refractivity (Wildman–Crippen MR) is 104 cm³/mol. The summed E-state index contributed by atoms with van der Waals surface area (Å²) in [6, 6.07) is 5.12. The summed E-state index contributed by atoms with van der Waals surface area (Å²) in [5.41, 5.74) is 1.31. The highest BCUT2D eigenvalue weighted by atomic mass is 19.1. The number of urea groups is 1. The third kappa shape index (κ3) is 5.56. The fourth-order valence-corrected chi connectivity index (χ4v) is 3.84. The molecular weight excluding hydrogens is 347 g/mol. The van der Waals surface area contributed by atoms with Gasteiger partial charge in [-0.1, -0.05) is 13.0 Å². The van der Waals surface area contributed by atoms with Gasteiger partial charge in [0.15, 0.2) is 0 Å². The van der Waals surface area contributed by atoms with Crippen LogP contribution in [0, 0.1) is 5.82 Å². The van der Waals surface area contributed by atoms with E-state index in [-0.39, 0.29) is 24.0 Å². The van der Waals surface area contributed by atoms with Crippen LogP contribution in [0.1, 0.15) is 38.2 Å². The Morgan fingerprint density at radius 2 is 1.89 bits per heavy atom. The first kappa shape index (κ1) is 19.9. The number of aliphatic hydroxyl groups is 1. The van der Waals surface area contributed by atoms with Gasteiger partial charge < -0.3 is 25.5 Å². The van der Waals surface area contributed by atoms with Gasteiger partial charge in [0.2, 0.25) is 0 Å². The van der Waals surface area contributed by atoms with Crippen molar-refractivity contribution in [2.75, 3.05) is 37.6 Å². The minimum Gasteiger partial charge on any atom is -0.393 e. The van der Waals surface area contributed by atoms with Crippen molar-refractivity contribution in [1.82, 2.24) is 15.5 Å². The van der Waals surface area contributed by atoms with Gasteiger partial charge in [0.1, 0.15) is 5.82 Å². The molecule has 7 heteroatoms. The van der Waals surface area contributed by atoms with E-state index in [9.17, 15) is 14.3 Å². The van der Waals surface area contributed by atoms with E-state index >= 15 is 0 Å². The fraction of sp³-hybridized carbons (Fsp3) is 0.650. The summed E-state index contributed by atoms with van der Waals surface area (Å²) in [6.07, 6.45) is 2.99. The smallest absolute Gasteiger partial charge is 0.315 e. The van der Waals surface area contributed by atoms with Crippen LogP contribution in [0.25, 0.3) is 0 Å². The third-order valence-electron chi connectivity index (χ3n) is 5.64. The van der Waals surface area contributed by atoms with Crippen LogP contribution in [-0.4, -0.2) is 60.9 Å². The minimum atomic E-state index is -0.280. The first-order chi connectivity index (χ1) is 13.0. The van der Waals surface area contributed by atoms with Gasteiger partial charge in [-0.2, -0.15) is 0 Å². The average molecular weight is 378 g/mol. The number of anilines is 1. The van der Waals surface area contributed by atoms with E-state index in [0.29, 0.717) is 38.2 Å². The lowest BCUT2D eigenvalue weighted by Crippen LogP contribution is -2.47. The molecule has 3 rings (SSSR count). The Labute approximate surface area is 160 Å². The third-order valence-corrected chi connectivity index (χ3v) is 5.64. The van der Waals surface area contributed by atoms with Crippen LogP contribution in [0.4, 0.5) is 14.9 Å². The van der Waals surface area contributed by atoms with Crippen LogP contribution >= 0.6 is 0 Å². The lowest BCUT2D eigenvalue weighted by Gasteiger charge is -2.32. The van der Waals surface area contributed by atoms with Crippen LogP contribution in [0.3, 0.4) is 0 Å². The number of benzene rings is 1. The highest BCUT2D eigenvalue weighted by Gasteiger charge is 2.21. The molecule has 0 spiro atoms. The molecule has 0 unspecified atom stereocenters. The molecule has 3 N–H and O–H groups in total. The monoisotopic (exact) mass is 378 g/mol. The van der Waals surface area contributed by atoms with Crippen LogP contribution in [-0.2, 0) is 6.54 Å². The molecule has 0 aromatic heterocycles. The molecule has 2 heterocycles. The number of carbonyl (C=O) groups is 1. The Morgan fingerprint density at radius 1 is 1.19 bits per heavy atom. The van der Waals surface area contributed by atoms with E-state index in [1.165, 1.54) is 6.07 Å². The second-order valence-electron chi connectivity index (χ2n) is 7.54. The molecule has 1 aromatic carbocycles. The first-order valence-corrected chi connectivity index (χ1v) is 10.0. The molecule has 2 fully saturated rings. The SMILES string of the molecule is CCN1CCC(NC(=O)NCc2ccc(N3CCC(O)CC3)c(F)c2)CC1. The number of rotatable bonds is 5. The van der Waals surface area contributed by atoms with Gasteiger partial charge in [-0.3, -0.25) is 0 Å². The number of likely N-dealkylation sites (tertiary alicyclic amines) is 1. The van der Waals surface area contributed by atoms with E-state index < -0.39 is 0 Å². The van der Waals surface area contributed by atoms with Crippen LogP contribution in [0.2, 0.25) is 0 Å². The average Bonchev–Trinajstić information content (AvgIpc) is 2.68. The van der Waals surface area contributed by atoms with Gasteiger partial charge in [-0.25, -0.2) is 9.18 Å². The lowest BCUT2D eigenvalue weighted by molar-refractivity contribution is 0.145.